The maximum Gasteiger partial charge on any atom is 0.150 e. The van der Waals surface area contributed by atoms with Crippen molar-refractivity contribution >= 4 is 17.9 Å². The number of hydrogen-bond acceptors (Lipinski definition) is 3. The summed E-state index contributed by atoms with van der Waals surface area (Å²) in [5.74, 6) is -0.757. The van der Waals surface area contributed by atoms with Crippen LogP contribution in [0.2, 0.25) is 0 Å². The van der Waals surface area contributed by atoms with Gasteiger partial charge in [-0.3, -0.25) is 9.59 Å². The van der Waals surface area contributed by atoms with E-state index in [2.05, 4.69) is 0 Å². The van der Waals surface area contributed by atoms with Crippen molar-refractivity contribution < 1.29 is 14.4 Å². The lowest BCUT2D eigenvalue weighted by Crippen LogP contribution is -2.25. The van der Waals surface area contributed by atoms with E-state index in [0.717, 1.165) is 0 Å². The molecule has 10 heavy (non-hydrogen) atoms. The fraction of sp³-hybridized carbons (Fsp3) is 0.571. The molecule has 1 aliphatic rings. The molecule has 1 fully saturated rings. The van der Waals surface area contributed by atoms with Crippen molar-refractivity contribution in [3.63, 3.8) is 0 Å². The van der Waals surface area contributed by atoms with E-state index in [1.54, 1.807) is 0 Å². The standard InChI is InChI=1S/C7H8O3/c8-4-5-1-2-6(9)3-7(5)10/h4-5H,1-3H2. The Morgan fingerprint density at radius 2 is 2.10 bits per heavy atom. The first-order valence-electron chi connectivity index (χ1n) is 3.23. The minimum absolute atomic E-state index is 0.0383. The maximum absolute atomic E-state index is 10.8. The number of aldehydes is 1. The van der Waals surface area contributed by atoms with Crippen molar-refractivity contribution in [3.8, 4) is 0 Å². The summed E-state index contributed by atoms with van der Waals surface area (Å²) in [7, 11) is 0. The van der Waals surface area contributed by atoms with Crippen molar-refractivity contribution in [1.82, 2.24) is 0 Å². The van der Waals surface area contributed by atoms with Crippen LogP contribution in [0, 0.1) is 5.92 Å². The van der Waals surface area contributed by atoms with Gasteiger partial charge in [-0.05, 0) is 6.42 Å². The molecule has 54 valence electrons. The van der Waals surface area contributed by atoms with Crippen LogP contribution < -0.4 is 0 Å². The van der Waals surface area contributed by atoms with Crippen LogP contribution in [0.3, 0.4) is 0 Å². The largest absolute Gasteiger partial charge is 0.303 e. The van der Waals surface area contributed by atoms with Gasteiger partial charge in [0.1, 0.15) is 17.9 Å². The van der Waals surface area contributed by atoms with Gasteiger partial charge in [-0.25, -0.2) is 0 Å². The summed E-state index contributed by atoms with van der Waals surface area (Å²) in [6, 6.07) is 0. The highest BCUT2D eigenvalue weighted by molar-refractivity contribution is 6.07. The highest BCUT2D eigenvalue weighted by atomic mass is 16.2. The van der Waals surface area contributed by atoms with E-state index in [0.29, 0.717) is 19.1 Å². The fourth-order valence-electron chi connectivity index (χ4n) is 1.04. The van der Waals surface area contributed by atoms with Crippen molar-refractivity contribution in [3.05, 3.63) is 0 Å². The summed E-state index contributed by atoms with van der Waals surface area (Å²) in [5, 5.41) is 0. The van der Waals surface area contributed by atoms with Gasteiger partial charge in [0.2, 0.25) is 0 Å². The lowest BCUT2D eigenvalue weighted by Gasteiger charge is -2.12. The zero-order valence-electron chi connectivity index (χ0n) is 5.50. The van der Waals surface area contributed by atoms with Crippen LogP contribution in [0.15, 0.2) is 0 Å². The van der Waals surface area contributed by atoms with Gasteiger partial charge < -0.3 is 4.79 Å². The van der Waals surface area contributed by atoms with Gasteiger partial charge in [-0.15, -0.1) is 0 Å². The number of Topliss-reactive ketones (excluding diaryl/α,β-unsaturated/α-hetero) is 2. The van der Waals surface area contributed by atoms with Crippen molar-refractivity contribution in [2.45, 2.75) is 19.3 Å². The number of carbonyl (C=O) groups is 3. The third-order valence-electron chi connectivity index (χ3n) is 1.68. The summed E-state index contributed by atoms with van der Waals surface area (Å²) >= 11 is 0. The Morgan fingerprint density at radius 3 is 2.60 bits per heavy atom. The van der Waals surface area contributed by atoms with E-state index < -0.39 is 5.92 Å². The summed E-state index contributed by atoms with van der Waals surface area (Å²) in [4.78, 5) is 31.5. The Morgan fingerprint density at radius 1 is 1.40 bits per heavy atom. The highest BCUT2D eigenvalue weighted by Gasteiger charge is 2.25. The first-order valence-corrected chi connectivity index (χ1v) is 3.23. The zero-order valence-corrected chi connectivity index (χ0v) is 5.50. The average Bonchev–Trinajstić information content (AvgIpc) is 1.88. The second kappa shape index (κ2) is 2.73. The molecule has 0 aliphatic heterocycles. The molecule has 0 radical (unpaired) electrons. The molecule has 1 atom stereocenters. The van der Waals surface area contributed by atoms with Gasteiger partial charge in [0.15, 0.2) is 0 Å². The second-order valence-corrected chi connectivity index (χ2v) is 2.46. The summed E-state index contributed by atoms with van der Waals surface area (Å²) in [5.41, 5.74) is 0. The molecule has 0 bridgehead atoms. The quantitative estimate of drug-likeness (QED) is 0.384. The van der Waals surface area contributed by atoms with Gasteiger partial charge in [-0.1, -0.05) is 0 Å². The normalized spacial score (nSPS) is 26.6. The minimum atomic E-state index is -0.502. The van der Waals surface area contributed by atoms with Crippen molar-refractivity contribution in [2.75, 3.05) is 0 Å². The Kier molecular flexibility index (Phi) is 1.94. The van der Waals surface area contributed by atoms with E-state index in [9.17, 15) is 14.4 Å². The fourth-order valence-corrected chi connectivity index (χ4v) is 1.04. The molecule has 0 aromatic carbocycles. The summed E-state index contributed by atoms with van der Waals surface area (Å²) in [6.07, 6.45) is 1.40. The number of ketones is 2. The van der Waals surface area contributed by atoms with Gasteiger partial charge >= 0.3 is 0 Å². The molecule has 0 aromatic rings. The number of carbonyl (C=O) groups excluding carboxylic acids is 3. The molecule has 0 heterocycles. The monoisotopic (exact) mass is 140 g/mol. The molecule has 0 aromatic heterocycles. The molecule has 1 unspecified atom stereocenters. The highest BCUT2D eigenvalue weighted by Crippen LogP contribution is 2.15. The van der Waals surface area contributed by atoms with E-state index in [4.69, 9.17) is 0 Å². The lowest BCUT2D eigenvalue weighted by atomic mass is 9.88. The molecule has 0 amide bonds. The van der Waals surface area contributed by atoms with E-state index in [-0.39, 0.29) is 18.0 Å². The molecule has 0 spiro atoms. The van der Waals surface area contributed by atoms with Crippen LogP contribution in [0.25, 0.3) is 0 Å². The maximum atomic E-state index is 10.8. The third kappa shape index (κ3) is 1.29. The first kappa shape index (κ1) is 7.12. The van der Waals surface area contributed by atoms with E-state index >= 15 is 0 Å². The van der Waals surface area contributed by atoms with Crippen LogP contribution in [0.4, 0.5) is 0 Å². The third-order valence-corrected chi connectivity index (χ3v) is 1.68. The van der Waals surface area contributed by atoms with Crippen LogP contribution in [-0.4, -0.2) is 17.9 Å². The molecular formula is C7H8O3. The number of hydrogen-bond donors (Lipinski definition) is 0. The van der Waals surface area contributed by atoms with Crippen molar-refractivity contribution in [1.29, 1.82) is 0 Å². The topological polar surface area (TPSA) is 51.2 Å². The van der Waals surface area contributed by atoms with Crippen LogP contribution in [0.5, 0.6) is 0 Å². The zero-order chi connectivity index (χ0) is 7.56. The Labute approximate surface area is 58.4 Å². The van der Waals surface area contributed by atoms with Crippen LogP contribution >= 0.6 is 0 Å². The van der Waals surface area contributed by atoms with Gasteiger partial charge in [0.25, 0.3) is 0 Å². The Hall–Kier alpha value is -0.990. The Balaban J connectivity index is 2.59. The molecule has 3 heteroatoms. The summed E-state index contributed by atoms with van der Waals surface area (Å²) < 4.78 is 0. The molecule has 1 saturated carbocycles. The smallest absolute Gasteiger partial charge is 0.150 e. The predicted octanol–water partition coefficient (Wildman–Crippen LogP) is 0.124. The van der Waals surface area contributed by atoms with E-state index in [1.807, 2.05) is 0 Å². The second-order valence-electron chi connectivity index (χ2n) is 2.46. The lowest BCUT2D eigenvalue weighted by molar-refractivity contribution is -0.134. The van der Waals surface area contributed by atoms with Gasteiger partial charge in [0.05, 0.1) is 12.3 Å². The minimum Gasteiger partial charge on any atom is -0.303 e. The van der Waals surface area contributed by atoms with Crippen LogP contribution in [0.1, 0.15) is 19.3 Å². The average molecular weight is 140 g/mol. The molecule has 3 nitrogen and oxygen atoms in total. The Bertz CT molecular complexity index is 183. The molecular weight excluding hydrogens is 132 g/mol. The predicted molar refractivity (Wildman–Crippen MR) is 33.4 cm³/mol. The summed E-state index contributed by atoms with van der Waals surface area (Å²) in [6.45, 7) is 0. The molecule has 1 rings (SSSR count). The molecule has 0 N–H and O–H groups in total. The van der Waals surface area contributed by atoms with Gasteiger partial charge in [0, 0.05) is 6.42 Å². The molecule has 0 saturated heterocycles. The SMILES string of the molecule is O=CC1CCC(=O)CC1=O. The molecule has 1 aliphatic carbocycles. The van der Waals surface area contributed by atoms with Gasteiger partial charge in [-0.2, -0.15) is 0 Å². The van der Waals surface area contributed by atoms with Crippen LogP contribution in [-0.2, 0) is 14.4 Å². The van der Waals surface area contributed by atoms with Crippen molar-refractivity contribution in [2.24, 2.45) is 5.92 Å². The first-order chi connectivity index (χ1) is 4.74. The number of rotatable bonds is 1. The van der Waals surface area contributed by atoms with E-state index in [1.165, 1.54) is 0 Å².